The fraction of sp³-hybridized carbons (Fsp3) is 0.526. The van der Waals surface area contributed by atoms with Gasteiger partial charge in [0.2, 0.25) is 5.91 Å². The van der Waals surface area contributed by atoms with Gasteiger partial charge < -0.3 is 15.0 Å². The highest BCUT2D eigenvalue weighted by molar-refractivity contribution is 7.91. The van der Waals surface area contributed by atoms with Crippen molar-refractivity contribution >= 4 is 27.6 Å². The Hall–Kier alpha value is -2.42. The van der Waals surface area contributed by atoms with Gasteiger partial charge in [0.05, 0.1) is 17.4 Å². The maximum atomic E-state index is 12.2. The van der Waals surface area contributed by atoms with Gasteiger partial charge in [0, 0.05) is 25.6 Å². The number of esters is 1. The zero-order valence-electron chi connectivity index (χ0n) is 15.5. The van der Waals surface area contributed by atoms with E-state index in [0.717, 1.165) is 5.56 Å². The van der Waals surface area contributed by atoms with Crippen molar-refractivity contribution in [3.8, 4) is 0 Å². The summed E-state index contributed by atoms with van der Waals surface area (Å²) in [4.78, 5) is 37.8. The van der Waals surface area contributed by atoms with E-state index in [1.54, 1.807) is 4.90 Å². The second-order valence-electron chi connectivity index (χ2n) is 7.25. The molecule has 152 valence electrons. The number of rotatable bonds is 7. The zero-order valence-corrected chi connectivity index (χ0v) is 16.3. The summed E-state index contributed by atoms with van der Waals surface area (Å²) in [6.07, 6.45) is 1.16. The van der Waals surface area contributed by atoms with E-state index in [9.17, 15) is 22.8 Å². The molecule has 2 aliphatic rings. The smallest absolute Gasteiger partial charge is 0.311 e. The van der Waals surface area contributed by atoms with Crippen LogP contribution in [0, 0.1) is 5.92 Å². The average molecular weight is 408 g/mol. The van der Waals surface area contributed by atoms with E-state index in [2.05, 4.69) is 5.32 Å². The first-order valence-electron chi connectivity index (χ1n) is 9.30. The minimum atomic E-state index is -3.09. The number of carbonyl (C=O) groups excluding carboxylic acids is 3. The molecule has 2 saturated heterocycles. The minimum Gasteiger partial charge on any atom is -0.455 e. The van der Waals surface area contributed by atoms with Crippen molar-refractivity contribution in [1.82, 2.24) is 10.2 Å². The minimum absolute atomic E-state index is 0.0563. The number of nitrogens with zero attached hydrogens (tertiary/aromatic N) is 1. The fourth-order valence-corrected chi connectivity index (χ4v) is 5.16. The maximum Gasteiger partial charge on any atom is 0.311 e. The van der Waals surface area contributed by atoms with E-state index in [4.69, 9.17) is 4.74 Å². The van der Waals surface area contributed by atoms with E-state index in [1.165, 1.54) is 0 Å². The van der Waals surface area contributed by atoms with Crippen LogP contribution >= 0.6 is 0 Å². The van der Waals surface area contributed by atoms with Gasteiger partial charge in [-0.25, -0.2) is 8.42 Å². The SMILES string of the molecule is O=C(COC(=O)[C@H]1CC(=O)N(CCc2ccccc2)C1)N[C@H]1CCS(=O)(=O)C1. The topological polar surface area (TPSA) is 110 Å². The molecule has 3 rings (SSSR count). The average Bonchev–Trinajstić information content (AvgIpc) is 3.20. The fourth-order valence-electron chi connectivity index (χ4n) is 3.49. The Balaban J connectivity index is 1.40. The molecular weight excluding hydrogens is 384 g/mol. The molecule has 1 aromatic rings. The molecule has 2 aliphatic heterocycles. The molecule has 28 heavy (non-hydrogen) atoms. The number of likely N-dealkylation sites (tertiary alicyclic amines) is 1. The van der Waals surface area contributed by atoms with Crippen LogP contribution in [0.25, 0.3) is 0 Å². The van der Waals surface area contributed by atoms with Gasteiger partial charge in [0.25, 0.3) is 5.91 Å². The van der Waals surface area contributed by atoms with Gasteiger partial charge in [0.15, 0.2) is 16.4 Å². The third-order valence-corrected chi connectivity index (χ3v) is 6.77. The Kier molecular flexibility index (Phi) is 6.33. The molecular formula is C19H24N2O6S. The van der Waals surface area contributed by atoms with Gasteiger partial charge in [-0.3, -0.25) is 14.4 Å². The van der Waals surface area contributed by atoms with Crippen LogP contribution in [0.15, 0.2) is 30.3 Å². The predicted molar refractivity (Wildman–Crippen MR) is 101 cm³/mol. The van der Waals surface area contributed by atoms with E-state index in [-0.39, 0.29) is 30.4 Å². The second-order valence-corrected chi connectivity index (χ2v) is 9.48. The highest BCUT2D eigenvalue weighted by Gasteiger charge is 2.35. The van der Waals surface area contributed by atoms with Crippen LogP contribution in [0.5, 0.6) is 0 Å². The molecule has 0 bridgehead atoms. The first kappa shape index (κ1) is 20.3. The molecule has 0 aromatic heterocycles. The Bertz CT molecular complexity index is 839. The monoisotopic (exact) mass is 408 g/mol. The molecule has 0 spiro atoms. The quantitative estimate of drug-likeness (QED) is 0.632. The number of sulfone groups is 1. The van der Waals surface area contributed by atoms with Crippen LogP contribution in [0.2, 0.25) is 0 Å². The molecule has 8 nitrogen and oxygen atoms in total. The molecule has 1 N–H and O–H groups in total. The number of ether oxygens (including phenoxy) is 1. The molecule has 1 aromatic carbocycles. The number of nitrogens with one attached hydrogen (secondary N) is 1. The molecule has 2 fully saturated rings. The van der Waals surface area contributed by atoms with Crippen molar-refractivity contribution in [2.24, 2.45) is 5.92 Å². The second kappa shape index (κ2) is 8.72. The van der Waals surface area contributed by atoms with Gasteiger partial charge in [-0.1, -0.05) is 30.3 Å². The van der Waals surface area contributed by atoms with Crippen LogP contribution in [0.4, 0.5) is 0 Å². The summed E-state index contributed by atoms with van der Waals surface area (Å²) < 4.78 is 27.8. The molecule has 2 atom stereocenters. The number of amides is 2. The van der Waals surface area contributed by atoms with E-state index >= 15 is 0 Å². The Labute approximate surface area is 164 Å². The molecule has 0 unspecified atom stereocenters. The molecule has 0 radical (unpaired) electrons. The standard InChI is InChI=1S/C19H24N2O6S/c22-17(20-16-7-9-28(25,26)13-16)12-27-19(24)15-10-18(23)21(11-15)8-6-14-4-2-1-3-5-14/h1-5,15-16H,6-13H2,(H,20,22)/t15-,16-/m0/s1. The first-order valence-corrected chi connectivity index (χ1v) is 11.1. The largest absolute Gasteiger partial charge is 0.455 e. The summed E-state index contributed by atoms with van der Waals surface area (Å²) in [7, 11) is -3.09. The van der Waals surface area contributed by atoms with Gasteiger partial charge in [-0.2, -0.15) is 0 Å². The van der Waals surface area contributed by atoms with Crippen LogP contribution in [0.3, 0.4) is 0 Å². The van der Waals surface area contributed by atoms with E-state index in [0.29, 0.717) is 19.4 Å². The van der Waals surface area contributed by atoms with Gasteiger partial charge in [-0.05, 0) is 18.4 Å². The highest BCUT2D eigenvalue weighted by Crippen LogP contribution is 2.20. The molecule has 0 aliphatic carbocycles. The molecule has 0 saturated carbocycles. The third kappa shape index (κ3) is 5.54. The summed E-state index contributed by atoms with van der Waals surface area (Å²) in [5.41, 5.74) is 1.12. The molecule has 2 heterocycles. The Morgan fingerprint density at radius 2 is 1.96 bits per heavy atom. The number of hydrogen-bond donors (Lipinski definition) is 1. The lowest BCUT2D eigenvalue weighted by Crippen LogP contribution is -2.39. The van der Waals surface area contributed by atoms with Gasteiger partial charge in [0.1, 0.15) is 0 Å². The third-order valence-electron chi connectivity index (χ3n) is 5.00. The lowest BCUT2D eigenvalue weighted by molar-refractivity contribution is -0.152. The van der Waals surface area contributed by atoms with Crippen molar-refractivity contribution in [1.29, 1.82) is 0 Å². The lowest BCUT2D eigenvalue weighted by atomic mass is 10.1. The summed E-state index contributed by atoms with van der Waals surface area (Å²) >= 11 is 0. The van der Waals surface area contributed by atoms with Crippen LogP contribution in [-0.2, 0) is 35.4 Å². The van der Waals surface area contributed by atoms with Crippen molar-refractivity contribution in [2.45, 2.75) is 25.3 Å². The number of benzene rings is 1. The summed E-state index contributed by atoms with van der Waals surface area (Å²) in [6, 6.07) is 9.35. The molecule has 9 heteroatoms. The van der Waals surface area contributed by atoms with Crippen molar-refractivity contribution in [3.05, 3.63) is 35.9 Å². The van der Waals surface area contributed by atoms with Crippen molar-refractivity contribution in [3.63, 3.8) is 0 Å². The number of hydrogen-bond acceptors (Lipinski definition) is 6. The van der Waals surface area contributed by atoms with Crippen molar-refractivity contribution in [2.75, 3.05) is 31.2 Å². The summed E-state index contributed by atoms with van der Waals surface area (Å²) in [6.45, 7) is 0.348. The van der Waals surface area contributed by atoms with E-state index < -0.39 is 40.3 Å². The van der Waals surface area contributed by atoms with Crippen molar-refractivity contribution < 1.29 is 27.5 Å². The summed E-state index contributed by atoms with van der Waals surface area (Å²) in [5.74, 6) is -1.81. The molecule has 2 amide bonds. The Morgan fingerprint density at radius 3 is 2.64 bits per heavy atom. The lowest BCUT2D eigenvalue weighted by Gasteiger charge is -2.16. The predicted octanol–water partition coefficient (Wildman–Crippen LogP) is -0.0759. The van der Waals surface area contributed by atoms with E-state index in [1.807, 2.05) is 30.3 Å². The Morgan fingerprint density at radius 1 is 1.21 bits per heavy atom. The zero-order chi connectivity index (χ0) is 20.1. The van der Waals surface area contributed by atoms with Crippen LogP contribution in [-0.4, -0.2) is 68.3 Å². The van der Waals surface area contributed by atoms with Gasteiger partial charge in [-0.15, -0.1) is 0 Å². The summed E-state index contributed by atoms with van der Waals surface area (Å²) in [5, 5.41) is 2.56. The van der Waals surface area contributed by atoms with Crippen LogP contribution in [0.1, 0.15) is 18.4 Å². The van der Waals surface area contributed by atoms with Crippen LogP contribution < -0.4 is 5.32 Å². The van der Waals surface area contributed by atoms with Gasteiger partial charge >= 0.3 is 5.97 Å². The number of carbonyl (C=O) groups is 3. The highest BCUT2D eigenvalue weighted by atomic mass is 32.2. The normalized spacial score (nSPS) is 23.6. The maximum absolute atomic E-state index is 12.2. The first-order chi connectivity index (χ1) is 13.3.